The van der Waals surface area contributed by atoms with Crippen molar-refractivity contribution in [2.75, 3.05) is 0 Å². The molecule has 0 aliphatic carbocycles. The van der Waals surface area contributed by atoms with Crippen molar-refractivity contribution < 1.29 is 27.4 Å². The molecule has 6 heteroatoms. The number of Topliss-reactive ketones (excluding diaryl/α,β-unsaturated/α-hetero) is 1. The Morgan fingerprint density at radius 2 is 1.64 bits per heavy atom. The monoisotopic (exact) mass is 310 g/mol. The van der Waals surface area contributed by atoms with E-state index in [9.17, 15) is 18.0 Å². The van der Waals surface area contributed by atoms with Gasteiger partial charge in [-0.25, -0.2) is 0 Å². The largest absolute Gasteiger partial charge is 0.573 e. The second-order valence-electron chi connectivity index (χ2n) is 4.65. The van der Waals surface area contributed by atoms with Gasteiger partial charge in [0.1, 0.15) is 23.0 Å². The zero-order valence-corrected chi connectivity index (χ0v) is 11.7. The maximum absolute atomic E-state index is 12.2. The van der Waals surface area contributed by atoms with Crippen LogP contribution < -0.4 is 9.47 Å². The predicted molar refractivity (Wildman–Crippen MR) is 74.0 cm³/mol. The van der Waals surface area contributed by atoms with Gasteiger partial charge in [0.2, 0.25) is 0 Å². The maximum Gasteiger partial charge on any atom is 0.573 e. The number of rotatable bonds is 5. The van der Waals surface area contributed by atoms with Crippen LogP contribution >= 0.6 is 0 Å². The van der Waals surface area contributed by atoms with E-state index in [1.807, 2.05) is 0 Å². The average molecular weight is 310 g/mol. The van der Waals surface area contributed by atoms with Crippen molar-refractivity contribution in [1.29, 1.82) is 0 Å². The van der Waals surface area contributed by atoms with E-state index < -0.39 is 6.36 Å². The molecule has 116 valence electrons. The van der Waals surface area contributed by atoms with Gasteiger partial charge >= 0.3 is 6.36 Å². The Bertz CT molecular complexity index is 648. The highest BCUT2D eigenvalue weighted by molar-refractivity contribution is 5.78. The SMILES string of the molecule is CC(=O)Cc1ccc(Oc2cccc(OC(F)(F)F)c2)cc1. The molecular weight excluding hydrogens is 297 g/mol. The van der Waals surface area contributed by atoms with E-state index in [2.05, 4.69) is 4.74 Å². The van der Waals surface area contributed by atoms with E-state index >= 15 is 0 Å². The van der Waals surface area contributed by atoms with Crippen LogP contribution in [0.3, 0.4) is 0 Å². The molecule has 0 aliphatic rings. The summed E-state index contributed by atoms with van der Waals surface area (Å²) in [5, 5.41) is 0. The zero-order valence-electron chi connectivity index (χ0n) is 11.7. The minimum Gasteiger partial charge on any atom is -0.457 e. The van der Waals surface area contributed by atoms with Gasteiger partial charge in [0.25, 0.3) is 0 Å². The van der Waals surface area contributed by atoms with Gasteiger partial charge in [-0.2, -0.15) is 0 Å². The molecule has 2 aromatic rings. The minimum atomic E-state index is -4.74. The molecule has 0 aliphatic heterocycles. The van der Waals surface area contributed by atoms with Crippen molar-refractivity contribution >= 4 is 5.78 Å². The molecule has 0 radical (unpaired) electrons. The summed E-state index contributed by atoms with van der Waals surface area (Å²) in [6.07, 6.45) is -4.41. The van der Waals surface area contributed by atoms with Gasteiger partial charge in [-0.3, -0.25) is 4.79 Å². The molecule has 0 amide bonds. The number of alkyl halides is 3. The summed E-state index contributed by atoms with van der Waals surface area (Å²) in [5.74, 6) is 0.376. The summed E-state index contributed by atoms with van der Waals surface area (Å²) in [4.78, 5) is 11.0. The third-order valence-corrected chi connectivity index (χ3v) is 2.65. The Kier molecular flexibility index (Phi) is 4.70. The lowest BCUT2D eigenvalue weighted by molar-refractivity contribution is -0.274. The van der Waals surface area contributed by atoms with Crippen LogP contribution in [0.25, 0.3) is 0 Å². The summed E-state index contributed by atoms with van der Waals surface area (Å²) in [6.45, 7) is 1.50. The van der Waals surface area contributed by atoms with E-state index in [4.69, 9.17) is 4.74 Å². The average Bonchev–Trinajstić information content (AvgIpc) is 2.39. The Balaban J connectivity index is 2.07. The summed E-state index contributed by atoms with van der Waals surface area (Å²) >= 11 is 0. The molecule has 2 rings (SSSR count). The second kappa shape index (κ2) is 6.51. The van der Waals surface area contributed by atoms with Gasteiger partial charge in [-0.1, -0.05) is 18.2 Å². The highest BCUT2D eigenvalue weighted by Crippen LogP contribution is 2.28. The Morgan fingerprint density at radius 3 is 2.23 bits per heavy atom. The molecule has 0 unspecified atom stereocenters. The van der Waals surface area contributed by atoms with Crippen molar-refractivity contribution in [1.82, 2.24) is 0 Å². The Hall–Kier alpha value is -2.50. The van der Waals surface area contributed by atoms with Gasteiger partial charge in [0, 0.05) is 12.5 Å². The van der Waals surface area contributed by atoms with Crippen LogP contribution in [0.1, 0.15) is 12.5 Å². The van der Waals surface area contributed by atoms with Crippen LogP contribution in [0.15, 0.2) is 48.5 Å². The van der Waals surface area contributed by atoms with Crippen molar-refractivity contribution in [3.05, 3.63) is 54.1 Å². The fraction of sp³-hybridized carbons (Fsp3) is 0.188. The molecule has 2 aromatic carbocycles. The molecule has 22 heavy (non-hydrogen) atoms. The van der Waals surface area contributed by atoms with Crippen LogP contribution in [0.2, 0.25) is 0 Å². The van der Waals surface area contributed by atoms with Gasteiger partial charge < -0.3 is 9.47 Å². The molecular formula is C16H13F3O3. The third kappa shape index (κ3) is 5.12. The predicted octanol–water partition coefficient (Wildman–Crippen LogP) is 4.51. The van der Waals surface area contributed by atoms with E-state index in [0.29, 0.717) is 12.2 Å². The highest BCUT2D eigenvalue weighted by atomic mass is 19.4. The quantitative estimate of drug-likeness (QED) is 0.815. The van der Waals surface area contributed by atoms with E-state index in [1.54, 1.807) is 24.3 Å². The second-order valence-corrected chi connectivity index (χ2v) is 4.65. The minimum absolute atomic E-state index is 0.0469. The molecule has 0 atom stereocenters. The number of hydrogen-bond donors (Lipinski definition) is 0. The summed E-state index contributed by atoms with van der Waals surface area (Å²) < 4.78 is 45.8. The van der Waals surface area contributed by atoms with Gasteiger partial charge in [0.05, 0.1) is 0 Å². The van der Waals surface area contributed by atoms with E-state index in [-0.39, 0.29) is 17.3 Å². The van der Waals surface area contributed by atoms with Crippen molar-refractivity contribution in [2.45, 2.75) is 19.7 Å². The number of ether oxygens (including phenoxy) is 2. The normalized spacial score (nSPS) is 11.1. The van der Waals surface area contributed by atoms with Crippen molar-refractivity contribution in [3.8, 4) is 17.2 Å². The molecule has 0 fully saturated rings. The highest BCUT2D eigenvalue weighted by Gasteiger charge is 2.31. The van der Waals surface area contributed by atoms with Gasteiger partial charge in [0.15, 0.2) is 0 Å². The first-order valence-corrected chi connectivity index (χ1v) is 6.44. The van der Waals surface area contributed by atoms with E-state index in [1.165, 1.54) is 25.1 Å². The Labute approximate surface area is 125 Å². The topological polar surface area (TPSA) is 35.5 Å². The fourth-order valence-electron chi connectivity index (χ4n) is 1.83. The zero-order chi connectivity index (χ0) is 16.2. The number of ketones is 1. The molecule has 0 spiro atoms. The van der Waals surface area contributed by atoms with Crippen LogP contribution in [-0.2, 0) is 11.2 Å². The van der Waals surface area contributed by atoms with Crippen LogP contribution in [0.4, 0.5) is 13.2 Å². The molecule has 0 bridgehead atoms. The van der Waals surface area contributed by atoms with Crippen molar-refractivity contribution in [3.63, 3.8) is 0 Å². The maximum atomic E-state index is 12.2. The van der Waals surface area contributed by atoms with Gasteiger partial charge in [-0.05, 0) is 36.8 Å². The van der Waals surface area contributed by atoms with Crippen LogP contribution in [0.5, 0.6) is 17.2 Å². The Morgan fingerprint density at radius 1 is 1.00 bits per heavy atom. The fourth-order valence-corrected chi connectivity index (χ4v) is 1.83. The van der Waals surface area contributed by atoms with Crippen LogP contribution in [0, 0.1) is 0 Å². The third-order valence-electron chi connectivity index (χ3n) is 2.65. The number of halogens is 3. The molecule has 0 saturated carbocycles. The number of carbonyl (C=O) groups excluding carboxylic acids is 1. The number of carbonyl (C=O) groups is 1. The molecule has 0 saturated heterocycles. The first kappa shape index (κ1) is 15.9. The van der Waals surface area contributed by atoms with E-state index in [0.717, 1.165) is 11.6 Å². The summed E-state index contributed by atoms with van der Waals surface area (Å²) in [5.41, 5.74) is 0.842. The lowest BCUT2D eigenvalue weighted by atomic mass is 10.1. The van der Waals surface area contributed by atoms with Gasteiger partial charge in [-0.15, -0.1) is 13.2 Å². The lowest BCUT2D eigenvalue weighted by Gasteiger charge is -2.11. The van der Waals surface area contributed by atoms with Crippen LogP contribution in [-0.4, -0.2) is 12.1 Å². The molecule has 0 heterocycles. The molecule has 0 N–H and O–H groups in total. The summed E-state index contributed by atoms with van der Waals surface area (Å²) in [7, 11) is 0. The first-order chi connectivity index (χ1) is 10.3. The standard InChI is InChI=1S/C16H13F3O3/c1-11(20)9-12-5-7-13(8-6-12)21-14-3-2-4-15(10-14)22-16(17,18)19/h2-8,10H,9H2,1H3. The van der Waals surface area contributed by atoms with Crippen molar-refractivity contribution in [2.24, 2.45) is 0 Å². The molecule has 0 aromatic heterocycles. The smallest absolute Gasteiger partial charge is 0.457 e. The molecule has 3 nitrogen and oxygen atoms in total. The lowest BCUT2D eigenvalue weighted by Crippen LogP contribution is -2.16. The first-order valence-electron chi connectivity index (χ1n) is 6.44. The number of benzene rings is 2. The number of hydrogen-bond acceptors (Lipinski definition) is 3. The summed E-state index contributed by atoms with van der Waals surface area (Å²) in [6, 6.07) is 12.0.